The fourth-order valence-electron chi connectivity index (χ4n) is 4.04. The molecule has 0 radical (unpaired) electrons. The van der Waals surface area contributed by atoms with Crippen LogP contribution in [-0.4, -0.2) is 36.4 Å². The molecule has 3 aromatic heterocycles. The van der Waals surface area contributed by atoms with E-state index in [0.717, 1.165) is 53.6 Å². The third kappa shape index (κ3) is 3.86. The standard InChI is InChI=1S/C24H24N6O/c1-17-15-29(16-26-17)21-10-8-18(14-22(21)31-2)9-11-23-27-24-19(6-5-13-30(24)28-23)20-7-3-4-12-25-20/h3-4,7-12,14-16,19H,5-6,13H2,1-2H3. The van der Waals surface area contributed by atoms with E-state index >= 15 is 0 Å². The molecule has 0 fully saturated rings. The van der Waals surface area contributed by atoms with Crippen molar-refractivity contribution in [3.63, 3.8) is 0 Å². The van der Waals surface area contributed by atoms with Crippen molar-refractivity contribution in [2.75, 3.05) is 7.11 Å². The van der Waals surface area contributed by atoms with Gasteiger partial charge in [0.2, 0.25) is 0 Å². The number of aromatic nitrogens is 6. The molecule has 5 rings (SSSR count). The molecule has 0 saturated heterocycles. The van der Waals surface area contributed by atoms with Gasteiger partial charge in [-0.05, 0) is 55.7 Å². The van der Waals surface area contributed by atoms with E-state index in [2.05, 4.69) is 22.1 Å². The van der Waals surface area contributed by atoms with Crippen LogP contribution >= 0.6 is 0 Å². The summed E-state index contributed by atoms with van der Waals surface area (Å²) in [5, 5.41) is 4.70. The summed E-state index contributed by atoms with van der Waals surface area (Å²) in [7, 11) is 1.68. The minimum absolute atomic E-state index is 0.197. The van der Waals surface area contributed by atoms with E-state index in [-0.39, 0.29) is 5.92 Å². The van der Waals surface area contributed by atoms with E-state index in [1.807, 2.05) is 65.0 Å². The maximum atomic E-state index is 5.61. The van der Waals surface area contributed by atoms with Crippen LogP contribution < -0.4 is 4.74 Å². The van der Waals surface area contributed by atoms with Gasteiger partial charge in [0.05, 0.1) is 36.4 Å². The monoisotopic (exact) mass is 412 g/mol. The van der Waals surface area contributed by atoms with Crippen molar-refractivity contribution in [2.45, 2.75) is 32.2 Å². The zero-order valence-corrected chi connectivity index (χ0v) is 17.6. The van der Waals surface area contributed by atoms with Gasteiger partial charge in [-0.3, -0.25) is 4.98 Å². The second kappa shape index (κ2) is 8.18. The number of fused-ring (bicyclic) bond motifs is 1. The van der Waals surface area contributed by atoms with E-state index in [9.17, 15) is 0 Å². The van der Waals surface area contributed by atoms with Crippen molar-refractivity contribution < 1.29 is 4.74 Å². The number of imidazole rings is 1. The highest BCUT2D eigenvalue weighted by Crippen LogP contribution is 2.31. The van der Waals surface area contributed by atoms with Gasteiger partial charge in [-0.15, -0.1) is 0 Å². The van der Waals surface area contributed by atoms with Crippen LogP contribution in [0.25, 0.3) is 17.8 Å². The molecule has 4 aromatic rings. The van der Waals surface area contributed by atoms with Crippen LogP contribution in [0.1, 0.15) is 47.4 Å². The molecule has 7 nitrogen and oxygen atoms in total. The molecule has 0 bridgehead atoms. The van der Waals surface area contributed by atoms with Gasteiger partial charge in [0.1, 0.15) is 11.6 Å². The summed E-state index contributed by atoms with van der Waals surface area (Å²) < 4.78 is 9.59. The number of hydrogen-bond donors (Lipinski definition) is 0. The van der Waals surface area contributed by atoms with Crippen molar-refractivity contribution >= 4 is 12.2 Å². The summed E-state index contributed by atoms with van der Waals surface area (Å²) in [4.78, 5) is 13.7. The summed E-state index contributed by atoms with van der Waals surface area (Å²) in [6, 6.07) is 12.1. The molecular weight excluding hydrogens is 388 g/mol. The first-order valence-corrected chi connectivity index (χ1v) is 10.4. The highest BCUT2D eigenvalue weighted by atomic mass is 16.5. The average Bonchev–Trinajstić information content (AvgIpc) is 3.43. The van der Waals surface area contributed by atoms with Gasteiger partial charge in [-0.25, -0.2) is 14.6 Å². The lowest BCUT2D eigenvalue weighted by atomic mass is 9.95. The molecule has 0 saturated carbocycles. The van der Waals surface area contributed by atoms with Crippen LogP contribution in [0.2, 0.25) is 0 Å². The van der Waals surface area contributed by atoms with Gasteiger partial charge >= 0.3 is 0 Å². The van der Waals surface area contributed by atoms with Gasteiger partial charge < -0.3 is 9.30 Å². The first-order chi connectivity index (χ1) is 15.2. The Hall–Kier alpha value is -3.74. The molecule has 156 valence electrons. The Kier molecular flexibility index (Phi) is 5.08. The zero-order chi connectivity index (χ0) is 21.2. The molecule has 0 aliphatic carbocycles. The van der Waals surface area contributed by atoms with Crippen molar-refractivity contribution in [3.05, 3.63) is 83.7 Å². The van der Waals surface area contributed by atoms with Gasteiger partial charge in [-0.1, -0.05) is 18.2 Å². The van der Waals surface area contributed by atoms with Crippen molar-refractivity contribution in [2.24, 2.45) is 0 Å². The predicted octanol–water partition coefficient (Wildman–Crippen LogP) is 4.27. The van der Waals surface area contributed by atoms with Crippen LogP contribution in [0.5, 0.6) is 5.75 Å². The van der Waals surface area contributed by atoms with Crippen molar-refractivity contribution in [1.82, 2.24) is 29.3 Å². The van der Waals surface area contributed by atoms with E-state index in [1.54, 1.807) is 13.4 Å². The van der Waals surface area contributed by atoms with Crippen LogP contribution in [0.15, 0.2) is 55.1 Å². The highest BCUT2D eigenvalue weighted by Gasteiger charge is 2.26. The van der Waals surface area contributed by atoms with Crippen molar-refractivity contribution in [3.8, 4) is 11.4 Å². The molecule has 7 heteroatoms. The number of aryl methyl sites for hydroxylation is 2. The molecule has 1 unspecified atom stereocenters. The number of ether oxygens (including phenoxy) is 1. The Balaban J connectivity index is 1.41. The lowest BCUT2D eigenvalue weighted by molar-refractivity contribution is 0.413. The fourth-order valence-corrected chi connectivity index (χ4v) is 4.04. The molecular formula is C24H24N6O. The summed E-state index contributed by atoms with van der Waals surface area (Å²) in [6.07, 6.45) is 11.7. The lowest BCUT2D eigenvalue weighted by Crippen LogP contribution is -2.18. The zero-order valence-electron chi connectivity index (χ0n) is 17.6. The Morgan fingerprint density at radius 3 is 2.84 bits per heavy atom. The second-order valence-electron chi connectivity index (χ2n) is 7.69. The maximum absolute atomic E-state index is 5.61. The molecule has 1 aliphatic rings. The smallest absolute Gasteiger partial charge is 0.174 e. The normalized spacial score (nSPS) is 15.9. The summed E-state index contributed by atoms with van der Waals surface area (Å²) >= 11 is 0. The average molecular weight is 412 g/mol. The number of rotatable bonds is 5. The van der Waals surface area contributed by atoms with Gasteiger partial charge in [0.15, 0.2) is 5.82 Å². The van der Waals surface area contributed by atoms with Gasteiger partial charge in [0.25, 0.3) is 0 Å². The van der Waals surface area contributed by atoms with Gasteiger partial charge in [0, 0.05) is 18.9 Å². The van der Waals surface area contributed by atoms with E-state index < -0.39 is 0 Å². The number of benzene rings is 1. The Bertz CT molecular complexity index is 1220. The van der Waals surface area contributed by atoms with Crippen LogP contribution in [0.3, 0.4) is 0 Å². The molecule has 1 atom stereocenters. The minimum Gasteiger partial charge on any atom is -0.495 e. The highest BCUT2D eigenvalue weighted by molar-refractivity contribution is 5.69. The topological polar surface area (TPSA) is 70.7 Å². The molecule has 0 spiro atoms. The summed E-state index contributed by atoms with van der Waals surface area (Å²) in [5.41, 5.74) is 3.99. The molecule has 0 amide bonds. The third-order valence-electron chi connectivity index (χ3n) is 5.55. The van der Waals surface area contributed by atoms with E-state index in [0.29, 0.717) is 5.82 Å². The number of hydrogen-bond acceptors (Lipinski definition) is 5. The molecule has 0 N–H and O–H groups in total. The number of methoxy groups -OCH3 is 1. The van der Waals surface area contributed by atoms with Crippen LogP contribution in [0.4, 0.5) is 0 Å². The molecule has 4 heterocycles. The number of pyridine rings is 1. The van der Waals surface area contributed by atoms with Crippen LogP contribution in [-0.2, 0) is 6.54 Å². The number of nitrogens with zero attached hydrogens (tertiary/aromatic N) is 6. The fraction of sp³-hybridized carbons (Fsp3) is 0.250. The van der Waals surface area contributed by atoms with Gasteiger partial charge in [-0.2, -0.15) is 5.10 Å². The maximum Gasteiger partial charge on any atom is 0.174 e. The van der Waals surface area contributed by atoms with E-state index in [4.69, 9.17) is 14.8 Å². The first kappa shape index (κ1) is 19.2. The SMILES string of the molecule is COc1cc(C=Cc2nc3n(n2)CCCC3c2ccccn2)ccc1-n1cnc(C)c1. The summed E-state index contributed by atoms with van der Waals surface area (Å²) in [6.45, 7) is 2.86. The first-order valence-electron chi connectivity index (χ1n) is 10.4. The largest absolute Gasteiger partial charge is 0.495 e. The molecule has 1 aromatic carbocycles. The van der Waals surface area contributed by atoms with Crippen LogP contribution in [0, 0.1) is 6.92 Å². The third-order valence-corrected chi connectivity index (χ3v) is 5.55. The van der Waals surface area contributed by atoms with E-state index in [1.165, 1.54) is 0 Å². The Morgan fingerprint density at radius 2 is 2.06 bits per heavy atom. The molecule has 31 heavy (non-hydrogen) atoms. The summed E-state index contributed by atoms with van der Waals surface area (Å²) in [5.74, 6) is 2.69. The Morgan fingerprint density at radius 1 is 1.13 bits per heavy atom. The minimum atomic E-state index is 0.197. The van der Waals surface area contributed by atoms with Crippen molar-refractivity contribution in [1.29, 1.82) is 0 Å². The second-order valence-corrected chi connectivity index (χ2v) is 7.69. The predicted molar refractivity (Wildman–Crippen MR) is 119 cm³/mol. The lowest BCUT2D eigenvalue weighted by Gasteiger charge is -2.21. The quantitative estimate of drug-likeness (QED) is 0.489. The Labute approximate surface area is 181 Å². The molecule has 1 aliphatic heterocycles.